The van der Waals surface area contributed by atoms with Crippen molar-refractivity contribution in [2.75, 3.05) is 9.80 Å². The third-order valence-electron chi connectivity index (χ3n) is 11.7. The average Bonchev–Trinajstić information content (AvgIpc) is 3.86. The maximum absolute atomic E-state index is 6.99. The summed E-state index contributed by atoms with van der Waals surface area (Å²) in [5, 5.41) is 8.75. The van der Waals surface area contributed by atoms with Crippen LogP contribution in [-0.2, 0) is 0 Å². The van der Waals surface area contributed by atoms with Crippen LogP contribution in [-0.4, -0.2) is 0 Å². The van der Waals surface area contributed by atoms with Gasteiger partial charge < -0.3 is 18.6 Å². The van der Waals surface area contributed by atoms with Gasteiger partial charge in [-0.25, -0.2) is 0 Å². The van der Waals surface area contributed by atoms with Crippen LogP contribution in [0.5, 0.6) is 0 Å². The lowest BCUT2D eigenvalue weighted by atomic mass is 9.96. The fraction of sp³-hybridized carbons (Fsp3) is 0. The Hall–Kier alpha value is -8.08. The fourth-order valence-corrected chi connectivity index (χ4v) is 8.98. The topological polar surface area (TPSA) is 32.8 Å². The van der Waals surface area contributed by atoms with Crippen molar-refractivity contribution in [3.05, 3.63) is 218 Å². The lowest BCUT2D eigenvalue weighted by Crippen LogP contribution is -2.09. The largest absolute Gasteiger partial charge is 0.456 e. The molecule has 2 aromatic heterocycles. The molecule has 0 aliphatic rings. The zero-order valence-corrected chi connectivity index (χ0v) is 32.5. The molecule has 0 fully saturated rings. The van der Waals surface area contributed by atoms with E-state index in [1.165, 1.54) is 0 Å². The lowest BCUT2D eigenvalue weighted by Gasteiger charge is -2.25. The molecule has 2 heterocycles. The van der Waals surface area contributed by atoms with Crippen molar-refractivity contribution in [3.63, 3.8) is 0 Å². The van der Waals surface area contributed by atoms with Gasteiger partial charge in [0, 0.05) is 61.2 Å². The van der Waals surface area contributed by atoms with Crippen molar-refractivity contribution in [2.45, 2.75) is 0 Å². The Morgan fingerprint density at radius 3 is 1.17 bits per heavy atom. The predicted octanol–water partition coefficient (Wildman–Crippen LogP) is 16.4. The zero-order chi connectivity index (χ0) is 39.6. The number of hydrogen-bond donors (Lipinski definition) is 0. The Morgan fingerprint density at radius 1 is 0.283 bits per heavy atom. The van der Waals surface area contributed by atoms with Gasteiger partial charge in [0.25, 0.3) is 0 Å². The summed E-state index contributed by atoms with van der Waals surface area (Å²) in [5.74, 6) is 0. The molecule has 0 aliphatic heterocycles. The summed E-state index contributed by atoms with van der Waals surface area (Å²) >= 11 is 0. The van der Waals surface area contributed by atoms with Crippen molar-refractivity contribution in [3.8, 4) is 11.1 Å². The van der Waals surface area contributed by atoms with Crippen molar-refractivity contribution >= 4 is 99.5 Å². The van der Waals surface area contributed by atoms with Gasteiger partial charge in [-0.05, 0) is 130 Å². The second-order valence-electron chi connectivity index (χ2n) is 15.3. The lowest BCUT2D eigenvalue weighted by molar-refractivity contribution is 0.664. The maximum atomic E-state index is 6.99. The molecule has 0 N–H and O–H groups in total. The van der Waals surface area contributed by atoms with Crippen LogP contribution in [0.25, 0.3) is 76.5 Å². The van der Waals surface area contributed by atoms with Crippen LogP contribution in [0.1, 0.15) is 0 Å². The van der Waals surface area contributed by atoms with Crippen molar-refractivity contribution in [1.29, 1.82) is 0 Å². The number of benzene rings is 10. The van der Waals surface area contributed by atoms with Crippen LogP contribution in [0, 0.1) is 0 Å². The number of para-hydroxylation sites is 4. The molecule has 10 aromatic carbocycles. The van der Waals surface area contributed by atoms with Crippen molar-refractivity contribution in [2.24, 2.45) is 0 Å². The highest BCUT2D eigenvalue weighted by atomic mass is 16.3. The van der Waals surface area contributed by atoms with E-state index < -0.39 is 0 Å². The smallest absolute Gasteiger partial charge is 0.144 e. The van der Waals surface area contributed by atoms with E-state index in [1.54, 1.807) is 0 Å². The molecule has 0 saturated carbocycles. The first-order chi connectivity index (χ1) is 29.7. The first kappa shape index (κ1) is 34.0. The first-order valence-electron chi connectivity index (χ1n) is 20.3. The Labute approximate surface area is 346 Å². The van der Waals surface area contributed by atoms with Crippen LogP contribution in [0.2, 0.25) is 0 Å². The average molecular weight is 769 g/mol. The van der Waals surface area contributed by atoms with Gasteiger partial charge in [0.2, 0.25) is 0 Å². The second kappa shape index (κ2) is 13.8. The highest BCUT2D eigenvalue weighted by Gasteiger charge is 2.23. The number of rotatable bonds is 7. The van der Waals surface area contributed by atoms with E-state index in [4.69, 9.17) is 8.83 Å². The summed E-state index contributed by atoms with van der Waals surface area (Å²) in [4.78, 5) is 4.59. The summed E-state index contributed by atoms with van der Waals surface area (Å²) < 4.78 is 13.9. The molecule has 0 unspecified atom stereocenters. The highest BCUT2D eigenvalue weighted by molar-refractivity contribution is 6.30. The number of anilines is 6. The van der Waals surface area contributed by atoms with Gasteiger partial charge in [-0.1, -0.05) is 115 Å². The van der Waals surface area contributed by atoms with E-state index in [-0.39, 0.29) is 0 Å². The molecule has 0 bridgehead atoms. The van der Waals surface area contributed by atoms with Crippen LogP contribution in [0.4, 0.5) is 34.1 Å². The molecule has 0 aliphatic carbocycles. The summed E-state index contributed by atoms with van der Waals surface area (Å²) in [6.45, 7) is 0. The predicted molar refractivity (Wildman–Crippen MR) is 251 cm³/mol. The van der Waals surface area contributed by atoms with Gasteiger partial charge in [0.15, 0.2) is 0 Å². The summed E-state index contributed by atoms with van der Waals surface area (Å²) in [5.41, 5.74) is 12.0. The van der Waals surface area contributed by atoms with Gasteiger partial charge in [-0.2, -0.15) is 0 Å². The van der Waals surface area contributed by atoms with E-state index in [1.807, 2.05) is 6.07 Å². The normalized spacial score (nSPS) is 11.7. The Kier molecular flexibility index (Phi) is 7.82. The highest BCUT2D eigenvalue weighted by Crippen LogP contribution is 2.47. The maximum Gasteiger partial charge on any atom is 0.144 e. The van der Waals surface area contributed by atoms with E-state index >= 15 is 0 Å². The molecule has 12 aromatic rings. The number of furan rings is 2. The van der Waals surface area contributed by atoms with Crippen molar-refractivity contribution < 1.29 is 8.83 Å². The first-order valence-corrected chi connectivity index (χ1v) is 20.3. The second-order valence-corrected chi connectivity index (χ2v) is 15.3. The Morgan fingerprint density at radius 2 is 0.700 bits per heavy atom. The van der Waals surface area contributed by atoms with Gasteiger partial charge >= 0.3 is 0 Å². The fourth-order valence-electron chi connectivity index (χ4n) is 8.98. The molecule has 282 valence electrons. The molecule has 0 spiro atoms. The minimum Gasteiger partial charge on any atom is -0.456 e. The molecule has 12 rings (SSSR count). The van der Waals surface area contributed by atoms with Crippen LogP contribution in [0.3, 0.4) is 0 Å². The third kappa shape index (κ3) is 5.61. The summed E-state index contributed by atoms with van der Waals surface area (Å²) in [6, 6.07) is 77.1. The monoisotopic (exact) mass is 768 g/mol. The molecule has 4 nitrogen and oxygen atoms in total. The van der Waals surface area contributed by atoms with Crippen LogP contribution < -0.4 is 9.80 Å². The molecule has 0 atom stereocenters. The van der Waals surface area contributed by atoms with E-state index in [0.717, 1.165) is 111 Å². The molecular formula is C56H36N2O2. The van der Waals surface area contributed by atoms with Gasteiger partial charge in [0.1, 0.15) is 22.3 Å². The molecular weight excluding hydrogens is 733 g/mol. The standard InChI is InChI=1S/C56H36N2O2/c1-6-16-37(17-7-1)48-36-53-54(49-32-38-26-28-46(30-40(38)34-51(49)59-53)57(42-18-8-2-9-19-42)43-20-10-3-11-21-43)55-50-33-39-27-29-47(31-41(39)35-52(50)60-56(48)55)58(44-22-12-4-13-23-44)45-24-14-5-15-25-45/h1-36H. The minimum absolute atomic E-state index is 0.835. The molecule has 4 heteroatoms. The van der Waals surface area contributed by atoms with E-state index in [9.17, 15) is 0 Å². The molecule has 0 saturated heterocycles. The van der Waals surface area contributed by atoms with Gasteiger partial charge in [-0.3, -0.25) is 0 Å². The SMILES string of the molecule is c1ccc(-c2cc3oc4cc5cc(N(c6ccccc6)c6ccccc6)ccc5cc4c3c3c2oc2cc4cc(N(c5ccccc5)c5ccccc5)ccc4cc23)cc1. The minimum atomic E-state index is 0.835. The molecule has 60 heavy (non-hydrogen) atoms. The van der Waals surface area contributed by atoms with Crippen molar-refractivity contribution in [1.82, 2.24) is 0 Å². The van der Waals surface area contributed by atoms with E-state index in [2.05, 4.69) is 222 Å². The van der Waals surface area contributed by atoms with Gasteiger partial charge in [0.05, 0.1) is 0 Å². The quantitative estimate of drug-likeness (QED) is 0.162. The Balaban J connectivity index is 1.07. The molecule has 0 radical (unpaired) electrons. The summed E-state index contributed by atoms with van der Waals surface area (Å²) in [7, 11) is 0. The number of hydrogen-bond acceptors (Lipinski definition) is 4. The number of nitrogens with zero attached hydrogens (tertiary/aromatic N) is 2. The zero-order valence-electron chi connectivity index (χ0n) is 32.5. The van der Waals surface area contributed by atoms with Gasteiger partial charge in [-0.15, -0.1) is 0 Å². The Bertz CT molecular complexity index is 3450. The van der Waals surface area contributed by atoms with Crippen LogP contribution in [0.15, 0.2) is 227 Å². The third-order valence-corrected chi connectivity index (χ3v) is 11.7. The van der Waals surface area contributed by atoms with Crippen LogP contribution >= 0.6 is 0 Å². The van der Waals surface area contributed by atoms with E-state index in [0.29, 0.717) is 0 Å². The molecule has 0 amide bonds. The number of fused-ring (bicyclic) bond motifs is 9. The summed E-state index contributed by atoms with van der Waals surface area (Å²) in [6.07, 6.45) is 0.